The monoisotopic (exact) mass is 568 g/mol. The van der Waals surface area contributed by atoms with Crippen molar-refractivity contribution in [3.8, 4) is 11.1 Å². The van der Waals surface area contributed by atoms with E-state index in [0.717, 1.165) is 55.0 Å². The quantitative estimate of drug-likeness (QED) is 0.245. The molecule has 1 amide bonds. The number of anilines is 3. The van der Waals surface area contributed by atoms with Gasteiger partial charge in [0.25, 0.3) is 0 Å². The van der Waals surface area contributed by atoms with Crippen LogP contribution >= 0.6 is 0 Å². The smallest absolute Gasteiger partial charge is 0.412 e. The van der Waals surface area contributed by atoms with Crippen LogP contribution in [0.5, 0.6) is 0 Å². The van der Waals surface area contributed by atoms with Crippen molar-refractivity contribution in [2.24, 2.45) is 0 Å². The molecule has 9 heteroatoms. The van der Waals surface area contributed by atoms with E-state index >= 15 is 0 Å². The largest absolute Gasteiger partial charge is 0.444 e. The Morgan fingerprint density at radius 2 is 1.86 bits per heavy atom. The van der Waals surface area contributed by atoms with E-state index in [0.29, 0.717) is 28.5 Å². The minimum Gasteiger partial charge on any atom is -0.444 e. The van der Waals surface area contributed by atoms with Crippen LogP contribution in [0.1, 0.15) is 56.2 Å². The number of carbonyl (C=O) groups is 1. The zero-order valence-electron chi connectivity index (χ0n) is 25.3. The van der Waals surface area contributed by atoms with Gasteiger partial charge < -0.3 is 19.7 Å². The minimum absolute atomic E-state index is 0.467. The summed E-state index contributed by atoms with van der Waals surface area (Å²) in [6.07, 6.45) is 6.90. The second-order valence-corrected chi connectivity index (χ2v) is 12.1. The number of aromatic nitrogens is 3. The molecule has 2 aromatic heterocycles. The van der Waals surface area contributed by atoms with Gasteiger partial charge in [-0.1, -0.05) is 12.1 Å². The van der Waals surface area contributed by atoms with E-state index in [9.17, 15) is 4.79 Å². The first-order valence-electron chi connectivity index (χ1n) is 14.4. The highest BCUT2D eigenvalue weighted by atomic mass is 16.6. The standard InChI is InChI=1S/C33H40N6O3/c1-21-11-14-34-18-27(21)26-9-10-29(37-32(40)42-33(2,3)4)28-19-35-31(38-30(26)28)36-24-7-8-25(22-12-15-41-16-13-22)23(17-24)20-39(5)6/h7-11,14,17-19,22H,12-13,15-16,20H2,1-6H3,(H,37,40)(H,35,36,38). The van der Waals surface area contributed by atoms with Crippen LogP contribution in [0.25, 0.3) is 22.0 Å². The van der Waals surface area contributed by atoms with Gasteiger partial charge in [0.05, 0.1) is 11.2 Å². The highest BCUT2D eigenvalue weighted by Crippen LogP contribution is 2.35. The summed E-state index contributed by atoms with van der Waals surface area (Å²) in [4.78, 5) is 28.8. The molecule has 42 heavy (non-hydrogen) atoms. The molecule has 0 saturated carbocycles. The average molecular weight is 569 g/mol. The molecule has 1 aliphatic heterocycles. The number of hydrogen-bond acceptors (Lipinski definition) is 8. The summed E-state index contributed by atoms with van der Waals surface area (Å²) in [5.74, 6) is 0.968. The van der Waals surface area contributed by atoms with Gasteiger partial charge in [-0.25, -0.2) is 14.8 Å². The van der Waals surface area contributed by atoms with Crippen molar-refractivity contribution >= 4 is 34.3 Å². The summed E-state index contributed by atoms with van der Waals surface area (Å²) >= 11 is 0. The summed E-state index contributed by atoms with van der Waals surface area (Å²) in [5.41, 5.74) is 7.18. The van der Waals surface area contributed by atoms with Crippen molar-refractivity contribution in [2.75, 3.05) is 37.9 Å². The topological polar surface area (TPSA) is 102 Å². The van der Waals surface area contributed by atoms with Crippen molar-refractivity contribution < 1.29 is 14.3 Å². The van der Waals surface area contributed by atoms with Crippen LogP contribution in [0, 0.1) is 6.92 Å². The molecule has 9 nitrogen and oxygen atoms in total. The summed E-state index contributed by atoms with van der Waals surface area (Å²) in [6.45, 7) is 9.99. The van der Waals surface area contributed by atoms with Gasteiger partial charge in [0.15, 0.2) is 0 Å². The summed E-state index contributed by atoms with van der Waals surface area (Å²) in [6, 6.07) is 12.3. The summed E-state index contributed by atoms with van der Waals surface area (Å²) < 4.78 is 11.1. The highest BCUT2D eigenvalue weighted by Gasteiger charge is 2.21. The van der Waals surface area contributed by atoms with Crippen LogP contribution in [-0.4, -0.2) is 58.9 Å². The Morgan fingerprint density at radius 3 is 2.57 bits per heavy atom. The van der Waals surface area contributed by atoms with Crippen molar-refractivity contribution in [3.63, 3.8) is 0 Å². The predicted octanol–water partition coefficient (Wildman–Crippen LogP) is 7.05. The molecule has 4 aromatic rings. The molecular formula is C33H40N6O3. The lowest BCUT2D eigenvalue weighted by atomic mass is 9.88. The molecule has 0 radical (unpaired) electrons. The Bertz CT molecular complexity index is 1570. The van der Waals surface area contributed by atoms with Crippen LogP contribution in [0.2, 0.25) is 0 Å². The van der Waals surface area contributed by atoms with Crippen molar-refractivity contribution in [2.45, 2.75) is 58.6 Å². The van der Waals surface area contributed by atoms with Gasteiger partial charge in [-0.15, -0.1) is 0 Å². The minimum atomic E-state index is -0.619. The van der Waals surface area contributed by atoms with Gasteiger partial charge in [-0.2, -0.15) is 0 Å². The lowest BCUT2D eigenvalue weighted by Crippen LogP contribution is -2.27. The van der Waals surface area contributed by atoms with E-state index in [1.165, 1.54) is 11.1 Å². The number of nitrogens with one attached hydrogen (secondary N) is 2. The second-order valence-electron chi connectivity index (χ2n) is 12.1. The van der Waals surface area contributed by atoms with Gasteiger partial charge in [0, 0.05) is 60.5 Å². The SMILES string of the molecule is Cc1ccncc1-c1ccc(NC(=O)OC(C)(C)C)c2cnc(Nc3ccc(C4CCOCC4)c(CN(C)C)c3)nc12. The number of ether oxygens (including phenoxy) is 2. The Hall–Kier alpha value is -4.08. The maximum absolute atomic E-state index is 12.6. The van der Waals surface area contributed by atoms with Crippen LogP contribution in [0.15, 0.2) is 55.0 Å². The summed E-state index contributed by atoms with van der Waals surface area (Å²) in [5, 5.41) is 7.01. The lowest BCUT2D eigenvalue weighted by molar-refractivity contribution is 0.0636. The molecule has 0 spiro atoms. The maximum atomic E-state index is 12.6. The first-order valence-corrected chi connectivity index (χ1v) is 14.4. The van der Waals surface area contributed by atoms with Crippen LogP contribution in [0.3, 0.4) is 0 Å². The molecule has 0 aliphatic carbocycles. The Kier molecular flexibility index (Phi) is 8.70. The van der Waals surface area contributed by atoms with Crippen LogP contribution < -0.4 is 10.6 Å². The number of rotatable bonds is 7. The molecule has 2 aromatic carbocycles. The fourth-order valence-corrected chi connectivity index (χ4v) is 5.36. The Labute approximate surface area is 247 Å². The summed E-state index contributed by atoms with van der Waals surface area (Å²) in [7, 11) is 4.18. The van der Waals surface area contributed by atoms with Crippen molar-refractivity contribution in [3.05, 3.63) is 71.7 Å². The molecule has 1 aliphatic rings. The first kappa shape index (κ1) is 29.4. The number of fused-ring (bicyclic) bond motifs is 1. The normalized spacial score (nSPS) is 14.3. The van der Waals surface area contributed by atoms with E-state index < -0.39 is 11.7 Å². The number of pyridine rings is 1. The van der Waals surface area contributed by atoms with Gasteiger partial charge in [-0.05, 0) is 102 Å². The number of amides is 1. The highest BCUT2D eigenvalue weighted by molar-refractivity contribution is 6.05. The lowest BCUT2D eigenvalue weighted by Gasteiger charge is -2.26. The zero-order valence-corrected chi connectivity index (χ0v) is 25.3. The number of nitrogens with zero attached hydrogens (tertiary/aromatic N) is 4. The van der Waals surface area contributed by atoms with E-state index in [2.05, 4.69) is 57.8 Å². The third-order valence-corrected chi connectivity index (χ3v) is 7.26. The molecule has 1 saturated heterocycles. The van der Waals surface area contributed by atoms with Crippen molar-refractivity contribution in [1.82, 2.24) is 19.9 Å². The Balaban J connectivity index is 1.53. The Morgan fingerprint density at radius 1 is 1.07 bits per heavy atom. The number of hydrogen-bond donors (Lipinski definition) is 2. The number of aryl methyl sites for hydroxylation is 1. The van der Waals surface area contributed by atoms with Gasteiger partial charge in [0.1, 0.15) is 5.60 Å². The number of benzene rings is 2. The van der Waals surface area contributed by atoms with E-state index in [4.69, 9.17) is 14.5 Å². The van der Waals surface area contributed by atoms with Crippen molar-refractivity contribution in [1.29, 1.82) is 0 Å². The molecule has 0 unspecified atom stereocenters. The molecule has 0 bridgehead atoms. The predicted molar refractivity (Wildman–Crippen MR) is 167 cm³/mol. The molecule has 0 atom stereocenters. The fourth-order valence-electron chi connectivity index (χ4n) is 5.36. The average Bonchev–Trinajstić information content (AvgIpc) is 2.93. The van der Waals surface area contributed by atoms with E-state index in [1.807, 2.05) is 52.1 Å². The maximum Gasteiger partial charge on any atom is 0.412 e. The zero-order chi connectivity index (χ0) is 29.9. The number of carbonyl (C=O) groups excluding carboxylic acids is 1. The molecule has 3 heterocycles. The van der Waals surface area contributed by atoms with Gasteiger partial charge >= 0.3 is 6.09 Å². The van der Waals surface area contributed by atoms with Gasteiger partial charge in [-0.3, -0.25) is 10.3 Å². The third kappa shape index (κ3) is 7.03. The van der Waals surface area contributed by atoms with Gasteiger partial charge in [0.2, 0.25) is 5.95 Å². The van der Waals surface area contributed by atoms with Crippen LogP contribution in [-0.2, 0) is 16.0 Å². The first-order chi connectivity index (χ1) is 20.1. The fraction of sp³-hybridized carbons (Fsp3) is 0.394. The molecule has 220 valence electrons. The molecule has 2 N–H and O–H groups in total. The molecule has 1 fully saturated rings. The van der Waals surface area contributed by atoms with Crippen LogP contribution in [0.4, 0.5) is 22.1 Å². The molecule has 5 rings (SSSR count). The molecular weight excluding hydrogens is 528 g/mol. The third-order valence-electron chi connectivity index (χ3n) is 7.26. The van der Waals surface area contributed by atoms with E-state index in [1.54, 1.807) is 12.4 Å². The van der Waals surface area contributed by atoms with E-state index in [-0.39, 0.29) is 0 Å². The second kappa shape index (κ2) is 12.4.